The van der Waals surface area contributed by atoms with E-state index in [-0.39, 0.29) is 11.4 Å². The van der Waals surface area contributed by atoms with Crippen molar-refractivity contribution >= 4 is 29.1 Å². The highest BCUT2D eigenvalue weighted by molar-refractivity contribution is 6.30. The van der Waals surface area contributed by atoms with Crippen molar-refractivity contribution < 1.29 is 31.5 Å². The van der Waals surface area contributed by atoms with Gasteiger partial charge in [-0.3, -0.25) is 9.59 Å². The minimum Gasteiger partial charge on any atom is -0.343 e. The average molecular weight is 459 g/mol. The molecule has 6 nitrogen and oxygen atoms in total. The third-order valence-electron chi connectivity index (χ3n) is 3.97. The Morgan fingerprint density at radius 1 is 1.03 bits per heavy atom. The van der Waals surface area contributed by atoms with Gasteiger partial charge in [-0.1, -0.05) is 11.6 Å². The Balaban J connectivity index is 1.76. The zero-order valence-corrected chi connectivity index (χ0v) is 16.1. The normalized spacial score (nSPS) is 11.3. The minimum atomic E-state index is -4.93. The summed E-state index contributed by atoms with van der Waals surface area (Å²) in [4.78, 5) is 24.2. The zero-order chi connectivity index (χ0) is 22.8. The van der Waals surface area contributed by atoms with Crippen molar-refractivity contribution in [3.8, 4) is 5.69 Å². The van der Waals surface area contributed by atoms with Crippen LogP contribution in [0.1, 0.15) is 16.1 Å². The molecule has 3 aromatic rings. The maximum absolute atomic E-state index is 13.6. The van der Waals surface area contributed by atoms with Crippen LogP contribution in [-0.2, 0) is 11.0 Å². The molecule has 3 rings (SSSR count). The molecule has 0 radical (unpaired) electrons. The predicted molar refractivity (Wildman–Crippen MR) is 101 cm³/mol. The molecule has 2 amide bonds. The standard InChI is InChI=1S/C19H12ClF5N4O2/c20-10-1-4-12(5-2-10)29-17(19(23,24)25)13(8-27-29)18(31)26-9-16(30)28-11-3-6-14(21)15(22)7-11/h1-8H,9H2,(H,26,31)(H,28,30). The summed E-state index contributed by atoms with van der Waals surface area (Å²) in [6.07, 6.45) is -4.21. The number of halogens is 6. The van der Waals surface area contributed by atoms with Gasteiger partial charge in [-0.15, -0.1) is 0 Å². The Bertz CT molecular complexity index is 1130. The number of amides is 2. The van der Waals surface area contributed by atoms with Crippen LogP contribution in [0.5, 0.6) is 0 Å². The molecule has 0 bridgehead atoms. The lowest BCUT2D eigenvalue weighted by atomic mass is 10.2. The second kappa shape index (κ2) is 8.72. The first-order valence-corrected chi connectivity index (χ1v) is 8.88. The van der Waals surface area contributed by atoms with Gasteiger partial charge in [-0.25, -0.2) is 13.5 Å². The molecule has 0 aliphatic carbocycles. The first kappa shape index (κ1) is 22.2. The molecule has 0 unspecified atom stereocenters. The highest BCUT2D eigenvalue weighted by atomic mass is 35.5. The molecular formula is C19H12ClF5N4O2. The van der Waals surface area contributed by atoms with Crippen molar-refractivity contribution in [2.45, 2.75) is 6.18 Å². The predicted octanol–water partition coefficient (Wildman–Crippen LogP) is 4.19. The topological polar surface area (TPSA) is 76.0 Å². The van der Waals surface area contributed by atoms with Crippen molar-refractivity contribution in [2.75, 3.05) is 11.9 Å². The van der Waals surface area contributed by atoms with Gasteiger partial charge >= 0.3 is 6.18 Å². The Hall–Kier alpha value is -3.47. The van der Waals surface area contributed by atoms with Crippen LogP contribution in [0.2, 0.25) is 5.02 Å². The monoisotopic (exact) mass is 458 g/mol. The van der Waals surface area contributed by atoms with Crippen molar-refractivity contribution in [3.63, 3.8) is 0 Å². The number of anilines is 1. The van der Waals surface area contributed by atoms with Crippen LogP contribution in [0.4, 0.5) is 27.6 Å². The number of carbonyl (C=O) groups excluding carboxylic acids is 2. The highest BCUT2D eigenvalue weighted by Crippen LogP contribution is 2.33. The van der Waals surface area contributed by atoms with Gasteiger partial charge in [0.15, 0.2) is 17.3 Å². The van der Waals surface area contributed by atoms with Crippen molar-refractivity contribution in [2.24, 2.45) is 0 Å². The molecule has 0 spiro atoms. The largest absolute Gasteiger partial charge is 0.434 e. The van der Waals surface area contributed by atoms with E-state index in [1.807, 2.05) is 5.32 Å². The Morgan fingerprint density at radius 3 is 2.32 bits per heavy atom. The highest BCUT2D eigenvalue weighted by Gasteiger charge is 2.40. The number of nitrogens with zero attached hydrogens (tertiary/aromatic N) is 2. The molecule has 0 saturated carbocycles. The fourth-order valence-electron chi connectivity index (χ4n) is 2.60. The van der Waals surface area contributed by atoms with Crippen molar-refractivity contribution in [1.82, 2.24) is 15.1 Å². The summed E-state index contributed by atoms with van der Waals surface area (Å²) in [6.45, 7) is -0.721. The molecule has 0 fully saturated rings. The number of benzene rings is 2. The summed E-state index contributed by atoms with van der Waals surface area (Å²) >= 11 is 5.74. The number of carbonyl (C=O) groups is 2. The van der Waals surface area contributed by atoms with E-state index in [0.717, 1.165) is 18.3 Å². The SMILES string of the molecule is O=C(CNC(=O)c1cnn(-c2ccc(Cl)cc2)c1C(F)(F)F)Nc1ccc(F)c(F)c1. The molecular weight excluding hydrogens is 447 g/mol. The van der Waals surface area contributed by atoms with Crippen LogP contribution in [0.3, 0.4) is 0 Å². The fourth-order valence-corrected chi connectivity index (χ4v) is 2.73. The van der Waals surface area contributed by atoms with Gasteiger partial charge in [0.05, 0.1) is 24.0 Å². The minimum absolute atomic E-state index is 0.0202. The summed E-state index contributed by atoms with van der Waals surface area (Å²) in [5, 5.41) is 8.15. The van der Waals surface area contributed by atoms with E-state index in [2.05, 4.69) is 10.4 Å². The average Bonchev–Trinajstić information content (AvgIpc) is 3.15. The summed E-state index contributed by atoms with van der Waals surface area (Å²) < 4.78 is 67.4. The first-order chi connectivity index (χ1) is 14.6. The van der Waals surface area contributed by atoms with Gasteiger partial charge < -0.3 is 10.6 Å². The number of rotatable bonds is 5. The third kappa shape index (κ3) is 5.18. The van der Waals surface area contributed by atoms with Crippen LogP contribution in [0.25, 0.3) is 5.69 Å². The summed E-state index contributed by atoms with van der Waals surface area (Å²) in [7, 11) is 0. The van der Waals surface area contributed by atoms with Gasteiger partial charge in [-0.2, -0.15) is 18.3 Å². The van der Waals surface area contributed by atoms with E-state index in [9.17, 15) is 31.5 Å². The van der Waals surface area contributed by atoms with E-state index < -0.39 is 47.4 Å². The van der Waals surface area contributed by atoms with E-state index >= 15 is 0 Å². The Labute approximate surface area is 176 Å². The Morgan fingerprint density at radius 2 is 1.71 bits per heavy atom. The van der Waals surface area contributed by atoms with E-state index in [0.29, 0.717) is 15.8 Å². The van der Waals surface area contributed by atoms with Gasteiger partial charge in [0.25, 0.3) is 5.91 Å². The molecule has 1 aromatic heterocycles. The molecule has 162 valence electrons. The summed E-state index contributed by atoms with van der Waals surface area (Å²) in [5.74, 6) is -4.39. The number of aromatic nitrogens is 2. The van der Waals surface area contributed by atoms with Crippen molar-refractivity contribution in [1.29, 1.82) is 0 Å². The lowest BCUT2D eigenvalue weighted by Gasteiger charge is -2.13. The van der Waals surface area contributed by atoms with Crippen LogP contribution in [0.15, 0.2) is 48.7 Å². The molecule has 2 aromatic carbocycles. The molecule has 1 heterocycles. The second-order valence-electron chi connectivity index (χ2n) is 6.15. The van der Waals surface area contributed by atoms with Crippen LogP contribution in [-0.4, -0.2) is 28.1 Å². The lowest BCUT2D eigenvalue weighted by molar-refractivity contribution is -0.143. The van der Waals surface area contributed by atoms with Crippen LogP contribution < -0.4 is 10.6 Å². The second-order valence-corrected chi connectivity index (χ2v) is 6.59. The first-order valence-electron chi connectivity index (χ1n) is 8.50. The number of hydrogen-bond donors (Lipinski definition) is 2. The molecule has 31 heavy (non-hydrogen) atoms. The smallest absolute Gasteiger partial charge is 0.343 e. The summed E-state index contributed by atoms with van der Waals surface area (Å²) in [6, 6.07) is 7.89. The van der Waals surface area contributed by atoms with E-state index in [4.69, 9.17) is 11.6 Å². The number of nitrogens with one attached hydrogen (secondary N) is 2. The van der Waals surface area contributed by atoms with Crippen LogP contribution in [0, 0.1) is 11.6 Å². The molecule has 0 aliphatic heterocycles. The number of alkyl halides is 3. The third-order valence-corrected chi connectivity index (χ3v) is 4.22. The maximum atomic E-state index is 13.6. The van der Waals surface area contributed by atoms with Crippen molar-refractivity contribution in [3.05, 3.63) is 76.6 Å². The van der Waals surface area contributed by atoms with Gasteiger partial charge in [0, 0.05) is 16.8 Å². The molecule has 0 saturated heterocycles. The zero-order valence-electron chi connectivity index (χ0n) is 15.3. The molecule has 12 heteroatoms. The molecule has 2 N–H and O–H groups in total. The molecule has 0 aliphatic rings. The molecule has 0 atom stereocenters. The van der Waals surface area contributed by atoms with Gasteiger partial charge in [0.2, 0.25) is 5.91 Å². The summed E-state index contributed by atoms with van der Waals surface area (Å²) in [5.41, 5.74) is -2.21. The lowest BCUT2D eigenvalue weighted by Crippen LogP contribution is -2.34. The van der Waals surface area contributed by atoms with Crippen LogP contribution >= 0.6 is 11.6 Å². The maximum Gasteiger partial charge on any atom is 0.434 e. The number of hydrogen-bond acceptors (Lipinski definition) is 3. The Kier molecular flexibility index (Phi) is 6.25. The van der Waals surface area contributed by atoms with E-state index in [1.54, 1.807) is 0 Å². The van der Waals surface area contributed by atoms with E-state index in [1.165, 1.54) is 24.3 Å². The van der Waals surface area contributed by atoms with Gasteiger partial charge in [-0.05, 0) is 36.4 Å². The van der Waals surface area contributed by atoms with Gasteiger partial charge in [0.1, 0.15) is 0 Å². The quantitative estimate of drug-likeness (QED) is 0.563. The fraction of sp³-hybridized carbons (Fsp3) is 0.105.